The van der Waals surface area contributed by atoms with Crippen molar-refractivity contribution in [2.24, 2.45) is 16.5 Å². The summed E-state index contributed by atoms with van der Waals surface area (Å²) in [6.07, 6.45) is 0.556. The first-order valence-electron chi connectivity index (χ1n) is 8.47. The van der Waals surface area contributed by atoms with Gasteiger partial charge in [0, 0.05) is 12.1 Å². The lowest BCUT2D eigenvalue weighted by Gasteiger charge is -2.18. The van der Waals surface area contributed by atoms with Gasteiger partial charge in [0.15, 0.2) is 5.96 Å². The second kappa shape index (κ2) is 11.9. The van der Waals surface area contributed by atoms with E-state index in [1.807, 2.05) is 0 Å². The molecule has 1 aromatic rings. The molecule has 0 radical (unpaired) electrons. The van der Waals surface area contributed by atoms with Crippen molar-refractivity contribution >= 4 is 29.7 Å². The molecule has 11 heteroatoms. The number of carbonyl (C=O) groups excluding carboxylic acids is 3. The first kappa shape index (κ1) is 22.4. The highest BCUT2D eigenvalue weighted by Crippen LogP contribution is 2.00. The molecule has 0 aliphatic rings. The summed E-state index contributed by atoms with van der Waals surface area (Å²) in [5, 5.41) is 15.8. The Balaban J connectivity index is 2.57. The number of amides is 3. The third-order valence-corrected chi connectivity index (χ3v) is 3.46. The molecule has 1 atom stereocenters. The Hall–Kier alpha value is -3.63. The molecule has 0 unspecified atom stereocenters. The van der Waals surface area contributed by atoms with E-state index in [0.29, 0.717) is 12.0 Å². The quantitative estimate of drug-likeness (QED) is 0.145. The van der Waals surface area contributed by atoms with E-state index in [1.54, 1.807) is 30.3 Å². The number of hydrogen-bond donors (Lipinski definition) is 6. The lowest BCUT2D eigenvalue weighted by atomic mass is 10.1. The van der Waals surface area contributed by atoms with Crippen molar-refractivity contribution in [1.82, 2.24) is 16.0 Å². The van der Waals surface area contributed by atoms with Crippen LogP contribution in [0.2, 0.25) is 0 Å². The number of guanidine groups is 1. The van der Waals surface area contributed by atoms with Crippen LogP contribution in [-0.4, -0.2) is 60.4 Å². The summed E-state index contributed by atoms with van der Waals surface area (Å²) >= 11 is 0. The average molecular weight is 392 g/mol. The monoisotopic (exact) mass is 392 g/mol. The number of rotatable bonds is 11. The fraction of sp³-hybridized carbons (Fsp3) is 0.353. The first-order valence-corrected chi connectivity index (χ1v) is 8.47. The molecule has 3 amide bonds. The molecule has 1 rings (SSSR count). The van der Waals surface area contributed by atoms with Crippen molar-refractivity contribution in [3.05, 3.63) is 35.9 Å². The van der Waals surface area contributed by atoms with Crippen LogP contribution in [0.15, 0.2) is 35.3 Å². The third kappa shape index (κ3) is 9.17. The molecule has 11 nitrogen and oxygen atoms in total. The molecule has 28 heavy (non-hydrogen) atoms. The standard InChI is InChI=1S/C17H24N6O5/c18-17(19)20-8-4-7-12(16(28)22-10-14(25)26)23-13(24)9-21-15(27)11-5-2-1-3-6-11/h1-3,5-6,12H,4,7-10H2,(H,21,27)(H,22,28)(H,23,24)(H,25,26)(H4,18,19,20)/t12-/m0/s1. The molecule has 0 heterocycles. The highest BCUT2D eigenvalue weighted by atomic mass is 16.4. The van der Waals surface area contributed by atoms with Gasteiger partial charge in [-0.25, -0.2) is 0 Å². The van der Waals surface area contributed by atoms with Gasteiger partial charge in [-0.1, -0.05) is 18.2 Å². The molecule has 0 aliphatic carbocycles. The number of hydrogen-bond acceptors (Lipinski definition) is 5. The zero-order valence-electron chi connectivity index (χ0n) is 15.2. The predicted octanol–water partition coefficient (Wildman–Crippen LogP) is -1.84. The number of aliphatic imine (C=N–C) groups is 1. The number of benzene rings is 1. The van der Waals surface area contributed by atoms with Crippen LogP contribution in [0.1, 0.15) is 23.2 Å². The van der Waals surface area contributed by atoms with Gasteiger partial charge in [0.05, 0.1) is 6.54 Å². The minimum atomic E-state index is -1.21. The zero-order valence-corrected chi connectivity index (χ0v) is 15.2. The van der Waals surface area contributed by atoms with Crippen LogP contribution in [0.4, 0.5) is 0 Å². The van der Waals surface area contributed by atoms with Crippen LogP contribution in [-0.2, 0) is 14.4 Å². The Morgan fingerprint density at radius 3 is 2.32 bits per heavy atom. The molecular weight excluding hydrogens is 368 g/mol. The van der Waals surface area contributed by atoms with Crippen molar-refractivity contribution in [2.75, 3.05) is 19.6 Å². The van der Waals surface area contributed by atoms with Crippen LogP contribution in [0.3, 0.4) is 0 Å². The SMILES string of the molecule is NC(N)=NCCC[C@H](NC(=O)CNC(=O)c1ccccc1)C(=O)NCC(=O)O. The summed E-state index contributed by atoms with van der Waals surface area (Å²) < 4.78 is 0. The van der Waals surface area contributed by atoms with E-state index >= 15 is 0 Å². The van der Waals surface area contributed by atoms with Crippen LogP contribution in [0, 0.1) is 0 Å². The van der Waals surface area contributed by atoms with E-state index in [0.717, 1.165) is 0 Å². The molecule has 0 saturated heterocycles. The number of carboxylic acids is 1. The summed E-state index contributed by atoms with van der Waals surface area (Å²) in [5.74, 6) is -3.00. The minimum Gasteiger partial charge on any atom is -0.480 e. The Labute approximate surface area is 161 Å². The molecule has 0 aliphatic heterocycles. The molecular formula is C17H24N6O5. The Kier molecular flexibility index (Phi) is 9.51. The maximum Gasteiger partial charge on any atom is 0.322 e. The van der Waals surface area contributed by atoms with Gasteiger partial charge >= 0.3 is 5.97 Å². The number of nitrogens with one attached hydrogen (secondary N) is 3. The largest absolute Gasteiger partial charge is 0.480 e. The van der Waals surface area contributed by atoms with Crippen molar-refractivity contribution in [3.8, 4) is 0 Å². The number of carbonyl (C=O) groups is 4. The Bertz CT molecular complexity index is 718. The smallest absolute Gasteiger partial charge is 0.322 e. The number of aliphatic carboxylic acids is 1. The zero-order chi connectivity index (χ0) is 20.9. The van der Waals surface area contributed by atoms with Crippen LogP contribution in [0.25, 0.3) is 0 Å². The molecule has 0 fully saturated rings. The lowest BCUT2D eigenvalue weighted by Crippen LogP contribution is -2.50. The van der Waals surface area contributed by atoms with Crippen molar-refractivity contribution in [3.63, 3.8) is 0 Å². The molecule has 152 valence electrons. The van der Waals surface area contributed by atoms with Gasteiger partial charge in [0.25, 0.3) is 5.91 Å². The summed E-state index contributed by atoms with van der Waals surface area (Å²) in [4.78, 5) is 50.5. The molecule has 0 spiro atoms. The minimum absolute atomic E-state index is 0.0976. The van der Waals surface area contributed by atoms with Crippen molar-refractivity contribution in [2.45, 2.75) is 18.9 Å². The Morgan fingerprint density at radius 1 is 1.04 bits per heavy atom. The topological polar surface area (TPSA) is 189 Å². The van der Waals surface area contributed by atoms with E-state index in [1.165, 1.54) is 0 Å². The fourth-order valence-electron chi connectivity index (χ4n) is 2.16. The summed E-state index contributed by atoms with van der Waals surface area (Å²) in [6.45, 7) is -0.681. The molecule has 0 saturated carbocycles. The third-order valence-electron chi connectivity index (χ3n) is 3.46. The van der Waals surface area contributed by atoms with Gasteiger partial charge in [-0.05, 0) is 25.0 Å². The molecule has 0 aromatic heterocycles. The number of nitrogens with two attached hydrogens (primary N) is 2. The van der Waals surface area contributed by atoms with E-state index in [4.69, 9.17) is 16.6 Å². The second-order valence-electron chi connectivity index (χ2n) is 5.73. The summed E-state index contributed by atoms with van der Waals surface area (Å²) in [5.41, 5.74) is 10.8. The average Bonchev–Trinajstić information content (AvgIpc) is 2.66. The molecule has 0 bridgehead atoms. The van der Waals surface area contributed by atoms with Crippen molar-refractivity contribution < 1.29 is 24.3 Å². The van der Waals surface area contributed by atoms with Gasteiger partial charge in [0.1, 0.15) is 12.6 Å². The highest BCUT2D eigenvalue weighted by molar-refractivity contribution is 5.97. The maximum absolute atomic E-state index is 12.1. The predicted molar refractivity (Wildman–Crippen MR) is 101 cm³/mol. The van der Waals surface area contributed by atoms with Crippen molar-refractivity contribution in [1.29, 1.82) is 0 Å². The summed E-state index contributed by atoms with van der Waals surface area (Å²) in [7, 11) is 0. The van der Waals surface area contributed by atoms with E-state index in [2.05, 4.69) is 20.9 Å². The number of nitrogens with zero attached hydrogens (tertiary/aromatic N) is 1. The van der Waals surface area contributed by atoms with Crippen LogP contribution in [0.5, 0.6) is 0 Å². The summed E-state index contributed by atoms with van der Waals surface area (Å²) in [6, 6.07) is 7.34. The van der Waals surface area contributed by atoms with Gasteiger partial charge in [-0.15, -0.1) is 0 Å². The molecule has 1 aromatic carbocycles. The van der Waals surface area contributed by atoms with Gasteiger partial charge in [-0.2, -0.15) is 0 Å². The van der Waals surface area contributed by atoms with E-state index < -0.39 is 36.3 Å². The highest BCUT2D eigenvalue weighted by Gasteiger charge is 2.21. The molecule has 8 N–H and O–H groups in total. The number of carboxylic acid groups (broad SMARTS) is 1. The van der Waals surface area contributed by atoms with Gasteiger partial charge < -0.3 is 32.5 Å². The van der Waals surface area contributed by atoms with Crippen LogP contribution >= 0.6 is 0 Å². The van der Waals surface area contributed by atoms with Gasteiger partial charge in [-0.3, -0.25) is 24.2 Å². The van der Waals surface area contributed by atoms with Gasteiger partial charge in [0.2, 0.25) is 11.8 Å². The first-order chi connectivity index (χ1) is 13.3. The normalized spacial score (nSPS) is 11.0. The second-order valence-corrected chi connectivity index (χ2v) is 5.73. The van der Waals surface area contributed by atoms with E-state index in [-0.39, 0.29) is 25.5 Å². The van der Waals surface area contributed by atoms with Crippen LogP contribution < -0.4 is 27.4 Å². The lowest BCUT2D eigenvalue weighted by molar-refractivity contribution is -0.138. The fourth-order valence-corrected chi connectivity index (χ4v) is 2.16. The Morgan fingerprint density at radius 2 is 1.71 bits per heavy atom. The van der Waals surface area contributed by atoms with E-state index in [9.17, 15) is 19.2 Å². The maximum atomic E-state index is 12.1.